The Labute approximate surface area is 67.6 Å². The van der Waals surface area contributed by atoms with E-state index in [1.807, 2.05) is 0 Å². The third-order valence-electron chi connectivity index (χ3n) is 0.787. The average Bonchev–Trinajstić information content (AvgIpc) is 1.88. The molecule has 0 aromatic heterocycles. The van der Waals surface area contributed by atoms with Gasteiger partial charge in [0.2, 0.25) is 5.75 Å². The number of halogens is 3. The first-order valence-corrected chi connectivity index (χ1v) is 3.09. The first-order chi connectivity index (χ1) is 5.20. The van der Waals surface area contributed by atoms with E-state index in [2.05, 4.69) is 11.6 Å². The molecule has 0 saturated heterocycles. The van der Waals surface area contributed by atoms with Gasteiger partial charge in [0.15, 0.2) is 0 Å². The van der Waals surface area contributed by atoms with Crippen LogP contribution in [0.2, 0.25) is 0 Å². The summed E-state index contributed by atoms with van der Waals surface area (Å²) >= 11 is 4.32. The number of benzene rings is 1. The highest BCUT2D eigenvalue weighted by Crippen LogP contribution is 1.99. The highest BCUT2D eigenvalue weighted by Gasteiger charge is 1.88. The van der Waals surface area contributed by atoms with Gasteiger partial charge in [-0.05, 0) is 23.7 Å². The van der Waals surface area contributed by atoms with Gasteiger partial charge in [0.25, 0.3) is 0 Å². The van der Waals surface area contributed by atoms with Crippen LogP contribution in [0, 0.1) is 11.6 Å². The monoisotopic (exact) mass is 178 g/mol. The van der Waals surface area contributed by atoms with Crippen LogP contribution in [0.15, 0.2) is 24.3 Å². The molecule has 0 amide bonds. The minimum Gasteiger partial charge on any atom is -0.285 e. The number of hydrogen-bond acceptors (Lipinski definition) is 1. The second-order valence-electron chi connectivity index (χ2n) is 1.53. The van der Waals surface area contributed by atoms with Crippen molar-refractivity contribution in [1.29, 1.82) is 0 Å². The fraction of sp³-hybridized carbons (Fsp3) is 0. The van der Waals surface area contributed by atoms with Crippen LogP contribution in [0.25, 0.3) is 0 Å². The highest BCUT2D eigenvalue weighted by molar-refractivity contribution is 6.54. The van der Waals surface area contributed by atoms with Crippen molar-refractivity contribution in [2.45, 2.75) is 0 Å². The minimum atomic E-state index is -0.537. The molecule has 4 heteroatoms. The lowest BCUT2D eigenvalue weighted by Crippen LogP contribution is -1.73. The molecule has 11 heavy (non-hydrogen) atoms. The van der Waals surface area contributed by atoms with Gasteiger partial charge in [-0.1, -0.05) is 6.07 Å². The van der Waals surface area contributed by atoms with Crippen molar-refractivity contribution in [2.75, 3.05) is 0 Å². The Bertz CT molecular complexity index is 210. The molecule has 0 N–H and O–H groups in total. The molecule has 0 spiro atoms. The molecule has 0 bridgehead atoms. The first-order valence-electron chi connectivity index (χ1n) is 2.65. The summed E-state index contributed by atoms with van der Waals surface area (Å²) < 4.78 is 23.9. The summed E-state index contributed by atoms with van der Waals surface area (Å²) in [5.41, 5.74) is 0. The van der Waals surface area contributed by atoms with Crippen LogP contribution in [0.4, 0.5) is 8.78 Å². The van der Waals surface area contributed by atoms with Gasteiger partial charge in [0, 0.05) is 6.07 Å². The molecular formula is C7H5ClF2O. The Hall–Kier alpha value is -0.960. The molecule has 0 radical (unpaired) electrons. The fourth-order valence-corrected chi connectivity index (χ4v) is 0.460. The highest BCUT2D eigenvalue weighted by atomic mass is 35.5. The molecule has 0 atom stereocenters. The van der Waals surface area contributed by atoms with Crippen molar-refractivity contribution >= 4 is 17.3 Å². The van der Waals surface area contributed by atoms with Crippen molar-refractivity contribution in [3.63, 3.8) is 0 Å². The quantitative estimate of drug-likeness (QED) is 0.440. The number of carbonyl (C=O) groups is 1. The maximum absolute atomic E-state index is 11.9. The van der Waals surface area contributed by atoms with E-state index in [0.29, 0.717) is 0 Å². The molecule has 0 aliphatic heterocycles. The molecule has 0 heterocycles. The number of rotatable bonds is 0. The zero-order chi connectivity index (χ0) is 8.69. The lowest BCUT2D eigenvalue weighted by atomic mass is 10.3. The molecule has 1 aromatic rings. The molecule has 1 aromatic carbocycles. The van der Waals surface area contributed by atoms with Crippen molar-refractivity contribution in [3.8, 4) is 0 Å². The fourth-order valence-electron chi connectivity index (χ4n) is 0.460. The number of carbonyl (C=O) groups excluding carboxylic acids is 1. The van der Waals surface area contributed by atoms with Crippen LogP contribution in [0.5, 0.6) is 0 Å². The van der Waals surface area contributed by atoms with E-state index >= 15 is 0 Å². The summed E-state index contributed by atoms with van der Waals surface area (Å²) in [4.78, 5) is 8.57. The van der Waals surface area contributed by atoms with E-state index < -0.39 is 11.6 Å². The zero-order valence-electron chi connectivity index (χ0n) is 5.43. The van der Waals surface area contributed by atoms with Crippen LogP contribution in [-0.2, 0) is 4.79 Å². The topological polar surface area (TPSA) is 17.1 Å². The van der Waals surface area contributed by atoms with Crippen molar-refractivity contribution in [3.05, 3.63) is 35.9 Å². The largest absolute Gasteiger partial charge is 0.285 e. The Balaban J connectivity index is 0.000000292. The molecule has 0 fully saturated rings. The smallest absolute Gasteiger partial charge is 0.208 e. The molecular weight excluding hydrogens is 174 g/mol. The Kier molecular flexibility index (Phi) is 5.29. The van der Waals surface area contributed by atoms with E-state index in [4.69, 9.17) is 4.79 Å². The first kappa shape index (κ1) is 10.0. The predicted octanol–water partition coefficient (Wildman–Crippen LogP) is 2.38. The lowest BCUT2D eigenvalue weighted by molar-refractivity contribution is 0.569. The summed E-state index contributed by atoms with van der Waals surface area (Å²) in [6, 6.07) is 4.55. The maximum Gasteiger partial charge on any atom is 0.208 e. The standard InChI is InChI=1S/C6H4F2.CHClO/c7-5-2-1-3-6(8)4-5;2-1-3/h1-4H;1H. The van der Waals surface area contributed by atoms with Gasteiger partial charge in [0.05, 0.1) is 0 Å². The lowest BCUT2D eigenvalue weighted by Gasteiger charge is -1.84. The van der Waals surface area contributed by atoms with Gasteiger partial charge in [0.1, 0.15) is 11.6 Å². The van der Waals surface area contributed by atoms with E-state index in [-0.39, 0.29) is 5.75 Å². The van der Waals surface area contributed by atoms with Gasteiger partial charge in [-0.2, -0.15) is 0 Å². The second kappa shape index (κ2) is 5.80. The summed E-state index contributed by atoms with van der Waals surface area (Å²) in [6.45, 7) is 0. The normalized spacial score (nSPS) is 7.91. The minimum absolute atomic E-state index is 0.222. The average molecular weight is 179 g/mol. The SMILES string of the molecule is Fc1cccc(F)c1.O=CCl. The molecule has 1 nitrogen and oxygen atoms in total. The summed E-state index contributed by atoms with van der Waals surface area (Å²) in [5.74, 6) is -0.852. The number of hydrogen-bond donors (Lipinski definition) is 0. The zero-order valence-corrected chi connectivity index (χ0v) is 6.18. The van der Waals surface area contributed by atoms with Crippen LogP contribution < -0.4 is 0 Å². The molecule has 0 aliphatic rings. The third-order valence-corrected chi connectivity index (χ3v) is 0.787. The van der Waals surface area contributed by atoms with Crippen molar-refractivity contribution in [2.24, 2.45) is 0 Å². The predicted molar refractivity (Wildman–Crippen MR) is 39.0 cm³/mol. The molecule has 60 valence electrons. The summed E-state index contributed by atoms with van der Waals surface area (Å²) in [5, 5.41) is 0. The Morgan fingerprint density at radius 1 is 1.27 bits per heavy atom. The summed E-state index contributed by atoms with van der Waals surface area (Å²) in [7, 11) is 0. The van der Waals surface area contributed by atoms with Gasteiger partial charge in [-0.15, -0.1) is 0 Å². The summed E-state index contributed by atoms with van der Waals surface area (Å²) in [6.07, 6.45) is 0. The van der Waals surface area contributed by atoms with E-state index in [0.717, 1.165) is 6.07 Å². The van der Waals surface area contributed by atoms with Crippen molar-refractivity contribution in [1.82, 2.24) is 0 Å². The van der Waals surface area contributed by atoms with Crippen LogP contribution in [0.3, 0.4) is 0 Å². The van der Waals surface area contributed by atoms with Crippen molar-refractivity contribution < 1.29 is 13.6 Å². The van der Waals surface area contributed by atoms with E-state index in [9.17, 15) is 8.78 Å². The van der Waals surface area contributed by atoms with E-state index in [1.165, 1.54) is 18.2 Å². The second-order valence-corrected chi connectivity index (χ2v) is 1.71. The van der Waals surface area contributed by atoms with Gasteiger partial charge >= 0.3 is 0 Å². The molecule has 1 rings (SSSR count). The van der Waals surface area contributed by atoms with Crippen LogP contribution in [0.1, 0.15) is 0 Å². The van der Waals surface area contributed by atoms with Gasteiger partial charge < -0.3 is 0 Å². The third kappa shape index (κ3) is 5.48. The van der Waals surface area contributed by atoms with Gasteiger partial charge in [-0.25, -0.2) is 8.78 Å². The van der Waals surface area contributed by atoms with Crippen LogP contribution in [-0.4, -0.2) is 5.75 Å². The Morgan fingerprint density at radius 2 is 1.64 bits per heavy atom. The molecule has 0 unspecified atom stereocenters. The Morgan fingerprint density at radius 3 is 1.82 bits per heavy atom. The van der Waals surface area contributed by atoms with E-state index in [1.54, 1.807) is 0 Å². The molecule has 0 aliphatic carbocycles. The van der Waals surface area contributed by atoms with Gasteiger partial charge in [-0.3, -0.25) is 4.79 Å². The molecule has 0 saturated carbocycles. The van der Waals surface area contributed by atoms with Crippen LogP contribution >= 0.6 is 11.6 Å². The maximum atomic E-state index is 11.9.